The number of nitrogens with zero attached hydrogens (tertiary/aromatic N) is 3. The molecule has 1 aliphatic heterocycles. The first-order valence-electron chi connectivity index (χ1n) is 9.86. The van der Waals surface area contributed by atoms with Crippen LogP contribution in [-0.4, -0.2) is 60.7 Å². The number of aliphatic imine (C=N–C) groups is 1. The highest BCUT2D eigenvalue weighted by atomic mass is 19.4. The van der Waals surface area contributed by atoms with Crippen LogP contribution < -0.4 is 16.0 Å². The number of hydrogen-bond acceptors (Lipinski definition) is 4. The number of likely N-dealkylation sites (tertiary alicyclic amines) is 1. The van der Waals surface area contributed by atoms with Crippen LogP contribution in [0.1, 0.15) is 39.2 Å². The van der Waals surface area contributed by atoms with Crippen molar-refractivity contribution in [3.63, 3.8) is 0 Å². The van der Waals surface area contributed by atoms with Gasteiger partial charge in [-0.3, -0.25) is 4.99 Å². The SMILES string of the molecule is CCNC(=NCCNc1ncccc1C(F)(F)F)NC1CCN(C(C)C)CC1. The average Bonchev–Trinajstić information content (AvgIpc) is 2.65. The summed E-state index contributed by atoms with van der Waals surface area (Å²) in [5, 5.41) is 9.38. The van der Waals surface area contributed by atoms with Gasteiger partial charge in [-0.2, -0.15) is 13.2 Å². The normalized spacial score (nSPS) is 17.0. The van der Waals surface area contributed by atoms with Crippen molar-refractivity contribution in [2.24, 2.45) is 4.99 Å². The molecule has 0 spiro atoms. The fourth-order valence-corrected chi connectivity index (χ4v) is 3.19. The van der Waals surface area contributed by atoms with E-state index in [0.29, 0.717) is 24.6 Å². The molecule has 0 saturated carbocycles. The first kappa shape index (κ1) is 22.3. The Morgan fingerprint density at radius 1 is 1.32 bits per heavy atom. The van der Waals surface area contributed by atoms with Crippen molar-refractivity contribution < 1.29 is 13.2 Å². The lowest BCUT2D eigenvalue weighted by atomic mass is 10.0. The summed E-state index contributed by atoms with van der Waals surface area (Å²) in [6.07, 6.45) is -0.995. The van der Waals surface area contributed by atoms with E-state index in [4.69, 9.17) is 0 Å². The molecule has 1 fully saturated rings. The van der Waals surface area contributed by atoms with Crippen molar-refractivity contribution in [2.75, 3.05) is 38.0 Å². The molecule has 0 amide bonds. The second-order valence-electron chi connectivity index (χ2n) is 7.13. The second-order valence-corrected chi connectivity index (χ2v) is 7.13. The number of aromatic nitrogens is 1. The molecule has 6 nitrogen and oxygen atoms in total. The van der Waals surface area contributed by atoms with Crippen LogP contribution in [-0.2, 0) is 6.18 Å². The second kappa shape index (κ2) is 10.5. The number of alkyl halides is 3. The van der Waals surface area contributed by atoms with Gasteiger partial charge in [0.2, 0.25) is 0 Å². The van der Waals surface area contributed by atoms with E-state index in [0.717, 1.165) is 38.5 Å². The molecule has 0 aliphatic carbocycles. The van der Waals surface area contributed by atoms with Crippen molar-refractivity contribution in [1.29, 1.82) is 0 Å². The van der Waals surface area contributed by atoms with Gasteiger partial charge < -0.3 is 20.9 Å². The van der Waals surface area contributed by atoms with Crippen molar-refractivity contribution in [3.05, 3.63) is 23.9 Å². The van der Waals surface area contributed by atoms with Crippen molar-refractivity contribution in [1.82, 2.24) is 20.5 Å². The number of piperidine rings is 1. The quantitative estimate of drug-likeness (QED) is 0.373. The molecule has 2 heterocycles. The topological polar surface area (TPSA) is 64.6 Å². The van der Waals surface area contributed by atoms with Gasteiger partial charge in [0.1, 0.15) is 5.82 Å². The van der Waals surface area contributed by atoms with Gasteiger partial charge in [-0.1, -0.05) is 0 Å². The van der Waals surface area contributed by atoms with Crippen LogP contribution in [0.5, 0.6) is 0 Å². The zero-order chi connectivity index (χ0) is 20.6. The molecule has 0 radical (unpaired) electrons. The summed E-state index contributed by atoms with van der Waals surface area (Å²) in [5.41, 5.74) is -0.763. The van der Waals surface area contributed by atoms with Crippen molar-refractivity contribution in [2.45, 2.75) is 51.9 Å². The van der Waals surface area contributed by atoms with E-state index >= 15 is 0 Å². The molecular weight excluding hydrogens is 369 g/mol. The predicted molar refractivity (Wildman–Crippen MR) is 107 cm³/mol. The third kappa shape index (κ3) is 6.85. The molecule has 0 bridgehead atoms. The molecule has 0 aromatic carbocycles. The molecule has 1 aromatic rings. The molecule has 0 unspecified atom stereocenters. The van der Waals surface area contributed by atoms with Gasteiger partial charge in [-0.25, -0.2) is 4.98 Å². The minimum atomic E-state index is -4.43. The monoisotopic (exact) mass is 400 g/mol. The van der Waals surface area contributed by atoms with E-state index in [1.165, 1.54) is 12.3 Å². The highest BCUT2D eigenvalue weighted by Crippen LogP contribution is 2.33. The van der Waals surface area contributed by atoms with Crippen LogP contribution in [0, 0.1) is 0 Å². The first-order valence-corrected chi connectivity index (χ1v) is 9.86. The van der Waals surface area contributed by atoms with E-state index in [1.54, 1.807) is 0 Å². The van der Waals surface area contributed by atoms with Gasteiger partial charge in [0.05, 0.1) is 12.1 Å². The summed E-state index contributed by atoms with van der Waals surface area (Å²) < 4.78 is 39.0. The Bertz CT molecular complexity index is 624. The maximum Gasteiger partial charge on any atom is 0.419 e. The van der Waals surface area contributed by atoms with Gasteiger partial charge in [-0.15, -0.1) is 0 Å². The predicted octanol–water partition coefficient (Wildman–Crippen LogP) is 2.94. The number of pyridine rings is 1. The fraction of sp³-hybridized carbons (Fsp3) is 0.684. The minimum absolute atomic E-state index is 0.163. The maximum atomic E-state index is 13.0. The molecular formula is C19H31F3N6. The Kier molecular flexibility index (Phi) is 8.35. The molecule has 0 atom stereocenters. The van der Waals surface area contributed by atoms with Gasteiger partial charge >= 0.3 is 6.18 Å². The Morgan fingerprint density at radius 2 is 2.04 bits per heavy atom. The van der Waals surface area contributed by atoms with Gasteiger partial charge in [0, 0.05) is 44.5 Å². The lowest BCUT2D eigenvalue weighted by Gasteiger charge is -2.35. The Labute approximate surface area is 165 Å². The Morgan fingerprint density at radius 3 is 2.64 bits per heavy atom. The number of rotatable bonds is 7. The lowest BCUT2D eigenvalue weighted by molar-refractivity contribution is -0.137. The largest absolute Gasteiger partial charge is 0.419 e. The summed E-state index contributed by atoms with van der Waals surface area (Å²) in [4.78, 5) is 10.7. The summed E-state index contributed by atoms with van der Waals surface area (Å²) in [5.74, 6) is 0.536. The van der Waals surface area contributed by atoms with Crippen LogP contribution in [0.15, 0.2) is 23.3 Å². The molecule has 2 rings (SSSR count). The van der Waals surface area contributed by atoms with E-state index in [9.17, 15) is 13.2 Å². The average molecular weight is 400 g/mol. The minimum Gasteiger partial charge on any atom is -0.368 e. The molecule has 28 heavy (non-hydrogen) atoms. The van der Waals surface area contributed by atoms with Gasteiger partial charge in [0.15, 0.2) is 5.96 Å². The molecule has 3 N–H and O–H groups in total. The van der Waals surface area contributed by atoms with Crippen LogP contribution in [0.25, 0.3) is 0 Å². The third-order valence-electron chi connectivity index (χ3n) is 4.73. The highest BCUT2D eigenvalue weighted by molar-refractivity contribution is 5.80. The number of nitrogens with one attached hydrogen (secondary N) is 3. The lowest BCUT2D eigenvalue weighted by Crippen LogP contribution is -2.50. The van der Waals surface area contributed by atoms with Crippen molar-refractivity contribution >= 4 is 11.8 Å². The first-order chi connectivity index (χ1) is 13.3. The summed E-state index contributed by atoms with van der Waals surface area (Å²) in [7, 11) is 0. The third-order valence-corrected chi connectivity index (χ3v) is 4.73. The van der Waals surface area contributed by atoms with Crippen LogP contribution in [0.2, 0.25) is 0 Å². The summed E-state index contributed by atoms with van der Waals surface area (Å²) >= 11 is 0. The fourth-order valence-electron chi connectivity index (χ4n) is 3.19. The van der Waals surface area contributed by atoms with Crippen LogP contribution in [0.4, 0.5) is 19.0 Å². The molecule has 158 valence electrons. The van der Waals surface area contributed by atoms with Crippen LogP contribution >= 0.6 is 0 Å². The summed E-state index contributed by atoms with van der Waals surface area (Å²) in [6.45, 7) is 9.84. The number of anilines is 1. The zero-order valence-corrected chi connectivity index (χ0v) is 16.8. The smallest absolute Gasteiger partial charge is 0.368 e. The maximum absolute atomic E-state index is 13.0. The van der Waals surface area contributed by atoms with Crippen molar-refractivity contribution in [3.8, 4) is 0 Å². The number of guanidine groups is 1. The Hall–Kier alpha value is -2.03. The standard InChI is InChI=1S/C19H31F3N6/c1-4-23-18(27-15-7-12-28(13-8-15)14(2)3)26-11-10-25-17-16(19(20,21)22)6-5-9-24-17/h5-6,9,14-15H,4,7-8,10-13H2,1-3H3,(H,24,25)(H2,23,26,27). The van der Waals surface area contributed by atoms with E-state index in [-0.39, 0.29) is 12.4 Å². The number of hydrogen-bond donors (Lipinski definition) is 3. The van der Waals surface area contributed by atoms with Crippen LogP contribution in [0.3, 0.4) is 0 Å². The highest BCUT2D eigenvalue weighted by Gasteiger charge is 2.33. The number of halogens is 3. The molecule has 1 aliphatic rings. The van der Waals surface area contributed by atoms with E-state index in [2.05, 4.69) is 44.7 Å². The van der Waals surface area contributed by atoms with E-state index in [1.807, 2.05) is 6.92 Å². The van der Waals surface area contributed by atoms with Gasteiger partial charge in [-0.05, 0) is 45.7 Å². The molecule has 1 aromatic heterocycles. The summed E-state index contributed by atoms with van der Waals surface area (Å²) in [6, 6.07) is 3.22. The Balaban J connectivity index is 1.85. The molecule has 1 saturated heterocycles. The van der Waals surface area contributed by atoms with E-state index < -0.39 is 11.7 Å². The molecule has 9 heteroatoms. The zero-order valence-electron chi connectivity index (χ0n) is 16.8. The van der Waals surface area contributed by atoms with Gasteiger partial charge in [0.25, 0.3) is 0 Å².